The largest absolute Gasteiger partial charge is 0.348 e. The molecule has 0 radical (unpaired) electrons. The number of pyridine rings is 1. The number of carbonyl (C=O) groups is 2. The van der Waals surface area contributed by atoms with E-state index in [-0.39, 0.29) is 11.8 Å². The molecule has 0 aliphatic rings. The molecule has 0 aliphatic carbocycles. The van der Waals surface area contributed by atoms with Crippen LogP contribution in [0.3, 0.4) is 0 Å². The Kier molecular flexibility index (Phi) is 6.31. The summed E-state index contributed by atoms with van der Waals surface area (Å²) < 4.78 is 0. The molecule has 2 amide bonds. The van der Waals surface area contributed by atoms with E-state index in [9.17, 15) is 9.59 Å². The Labute approximate surface area is 164 Å². The van der Waals surface area contributed by atoms with Crippen LogP contribution in [0.25, 0.3) is 6.08 Å². The van der Waals surface area contributed by atoms with Crippen LogP contribution in [-0.4, -0.2) is 16.8 Å². The first kappa shape index (κ1) is 19.0. The van der Waals surface area contributed by atoms with Gasteiger partial charge in [0, 0.05) is 30.7 Å². The number of carbonyl (C=O) groups excluding carboxylic acids is 2. The highest BCUT2D eigenvalue weighted by Crippen LogP contribution is 2.12. The molecule has 3 aromatic rings. The van der Waals surface area contributed by atoms with E-state index in [0.717, 1.165) is 11.1 Å². The van der Waals surface area contributed by atoms with Gasteiger partial charge < -0.3 is 10.6 Å². The molecule has 0 atom stereocenters. The zero-order chi connectivity index (χ0) is 19.8. The molecule has 0 saturated heterocycles. The molecule has 0 fully saturated rings. The molecule has 140 valence electrons. The molecule has 1 heterocycles. The molecule has 0 spiro atoms. The highest BCUT2D eigenvalue weighted by Gasteiger charge is 2.05. The van der Waals surface area contributed by atoms with E-state index in [1.54, 1.807) is 24.4 Å². The third-order valence-electron chi connectivity index (χ3n) is 4.08. The van der Waals surface area contributed by atoms with Gasteiger partial charge in [-0.3, -0.25) is 14.6 Å². The summed E-state index contributed by atoms with van der Waals surface area (Å²) in [5.41, 5.74) is 4.21. The number of aromatic nitrogens is 1. The van der Waals surface area contributed by atoms with Gasteiger partial charge in [0.15, 0.2) is 0 Å². The number of benzene rings is 2. The van der Waals surface area contributed by atoms with Crippen LogP contribution in [0.5, 0.6) is 0 Å². The van der Waals surface area contributed by atoms with Crippen LogP contribution < -0.4 is 10.6 Å². The van der Waals surface area contributed by atoms with Crippen LogP contribution in [0, 0.1) is 6.92 Å². The average Bonchev–Trinajstić information content (AvgIpc) is 2.72. The molecular formula is C23H21N3O2. The topological polar surface area (TPSA) is 71.1 Å². The smallest absolute Gasteiger partial charge is 0.253 e. The standard InChI is InChI=1S/C23H21N3O2/c1-17-7-9-18(10-8-17)11-12-22(27)26-21-6-2-4-19(14-21)15-25-23(28)20-5-3-13-24-16-20/h2-14,16H,15H2,1H3,(H,25,28)(H,26,27)/b12-11+. The summed E-state index contributed by atoms with van der Waals surface area (Å²) in [5, 5.41) is 5.68. The molecule has 2 aromatic carbocycles. The van der Waals surface area contributed by atoms with Crippen molar-refractivity contribution in [2.24, 2.45) is 0 Å². The Balaban J connectivity index is 1.56. The van der Waals surface area contributed by atoms with E-state index in [1.165, 1.54) is 17.8 Å². The van der Waals surface area contributed by atoms with Crippen molar-refractivity contribution in [2.45, 2.75) is 13.5 Å². The first-order valence-electron chi connectivity index (χ1n) is 8.93. The van der Waals surface area contributed by atoms with Crippen molar-refractivity contribution >= 4 is 23.6 Å². The summed E-state index contributed by atoms with van der Waals surface area (Å²) >= 11 is 0. The Morgan fingerprint density at radius 3 is 2.61 bits per heavy atom. The molecule has 0 aliphatic heterocycles. The maximum absolute atomic E-state index is 12.1. The number of amides is 2. The summed E-state index contributed by atoms with van der Waals surface area (Å²) in [5.74, 6) is -0.402. The average molecular weight is 371 g/mol. The third kappa shape index (κ3) is 5.64. The lowest BCUT2D eigenvalue weighted by atomic mass is 10.1. The number of anilines is 1. The van der Waals surface area contributed by atoms with Crippen LogP contribution in [0.1, 0.15) is 27.0 Å². The first-order chi connectivity index (χ1) is 13.6. The predicted molar refractivity (Wildman–Crippen MR) is 111 cm³/mol. The van der Waals surface area contributed by atoms with Gasteiger partial charge in [0.2, 0.25) is 5.91 Å². The monoisotopic (exact) mass is 371 g/mol. The minimum absolute atomic E-state index is 0.191. The van der Waals surface area contributed by atoms with Gasteiger partial charge in [-0.15, -0.1) is 0 Å². The van der Waals surface area contributed by atoms with Gasteiger partial charge in [0.05, 0.1) is 5.56 Å². The summed E-state index contributed by atoms with van der Waals surface area (Å²) in [6.07, 6.45) is 6.41. The van der Waals surface area contributed by atoms with Gasteiger partial charge in [-0.2, -0.15) is 0 Å². The minimum Gasteiger partial charge on any atom is -0.348 e. The zero-order valence-corrected chi connectivity index (χ0v) is 15.6. The normalized spacial score (nSPS) is 10.6. The van der Waals surface area contributed by atoms with Gasteiger partial charge in [-0.25, -0.2) is 0 Å². The fourth-order valence-corrected chi connectivity index (χ4v) is 2.57. The van der Waals surface area contributed by atoms with E-state index < -0.39 is 0 Å². The second-order valence-corrected chi connectivity index (χ2v) is 6.36. The number of nitrogens with zero attached hydrogens (tertiary/aromatic N) is 1. The van der Waals surface area contributed by atoms with Gasteiger partial charge in [0.1, 0.15) is 0 Å². The van der Waals surface area contributed by atoms with Crippen molar-refractivity contribution in [1.82, 2.24) is 10.3 Å². The highest BCUT2D eigenvalue weighted by atomic mass is 16.2. The minimum atomic E-state index is -0.211. The second-order valence-electron chi connectivity index (χ2n) is 6.36. The first-order valence-corrected chi connectivity index (χ1v) is 8.93. The molecule has 5 heteroatoms. The van der Waals surface area contributed by atoms with Gasteiger partial charge in [0.25, 0.3) is 5.91 Å². The molecule has 0 bridgehead atoms. The number of hydrogen-bond donors (Lipinski definition) is 2. The fourth-order valence-electron chi connectivity index (χ4n) is 2.57. The van der Waals surface area contributed by atoms with Gasteiger partial charge in [-0.1, -0.05) is 42.0 Å². The number of rotatable bonds is 6. The summed E-state index contributed by atoms with van der Waals surface area (Å²) in [6, 6.07) is 18.7. The summed E-state index contributed by atoms with van der Waals surface area (Å²) in [4.78, 5) is 28.2. The second kappa shape index (κ2) is 9.28. The van der Waals surface area contributed by atoms with Crippen LogP contribution in [0.15, 0.2) is 79.1 Å². The van der Waals surface area contributed by atoms with Crippen molar-refractivity contribution in [2.75, 3.05) is 5.32 Å². The molecule has 3 rings (SSSR count). The Hall–Kier alpha value is -3.73. The lowest BCUT2D eigenvalue weighted by molar-refractivity contribution is -0.111. The van der Waals surface area contributed by atoms with Crippen LogP contribution >= 0.6 is 0 Å². The van der Waals surface area contributed by atoms with Gasteiger partial charge in [-0.05, 0) is 48.4 Å². The SMILES string of the molecule is Cc1ccc(/C=C/C(=O)Nc2cccc(CNC(=O)c3cccnc3)c2)cc1. The predicted octanol–water partition coefficient (Wildman–Crippen LogP) is 3.97. The molecule has 2 N–H and O–H groups in total. The molecule has 28 heavy (non-hydrogen) atoms. The van der Waals surface area contributed by atoms with Crippen molar-refractivity contribution in [3.8, 4) is 0 Å². The molecule has 1 aromatic heterocycles. The van der Waals surface area contributed by atoms with E-state index >= 15 is 0 Å². The Morgan fingerprint density at radius 2 is 1.86 bits per heavy atom. The van der Waals surface area contributed by atoms with Crippen molar-refractivity contribution < 1.29 is 9.59 Å². The van der Waals surface area contributed by atoms with Crippen molar-refractivity contribution in [1.29, 1.82) is 0 Å². The Morgan fingerprint density at radius 1 is 1.04 bits per heavy atom. The van der Waals surface area contributed by atoms with Gasteiger partial charge >= 0.3 is 0 Å². The van der Waals surface area contributed by atoms with Crippen LogP contribution in [0.2, 0.25) is 0 Å². The summed E-state index contributed by atoms with van der Waals surface area (Å²) in [7, 11) is 0. The van der Waals surface area contributed by atoms with Crippen molar-refractivity contribution in [3.05, 3.63) is 101 Å². The maximum atomic E-state index is 12.1. The van der Waals surface area contributed by atoms with E-state index in [2.05, 4.69) is 15.6 Å². The number of aryl methyl sites for hydroxylation is 1. The zero-order valence-electron chi connectivity index (χ0n) is 15.6. The highest BCUT2D eigenvalue weighted by molar-refractivity contribution is 6.02. The lowest BCUT2D eigenvalue weighted by Crippen LogP contribution is -2.22. The number of hydrogen-bond acceptors (Lipinski definition) is 3. The lowest BCUT2D eigenvalue weighted by Gasteiger charge is -2.08. The molecule has 0 unspecified atom stereocenters. The molecular weight excluding hydrogens is 350 g/mol. The third-order valence-corrected chi connectivity index (χ3v) is 4.08. The molecule has 0 saturated carbocycles. The molecule has 5 nitrogen and oxygen atoms in total. The summed E-state index contributed by atoms with van der Waals surface area (Å²) in [6.45, 7) is 2.38. The number of nitrogens with one attached hydrogen (secondary N) is 2. The maximum Gasteiger partial charge on any atom is 0.253 e. The van der Waals surface area contributed by atoms with Crippen LogP contribution in [0.4, 0.5) is 5.69 Å². The quantitative estimate of drug-likeness (QED) is 0.644. The van der Waals surface area contributed by atoms with Crippen molar-refractivity contribution in [3.63, 3.8) is 0 Å². The van der Waals surface area contributed by atoms with E-state index in [4.69, 9.17) is 0 Å². The fraction of sp³-hybridized carbons (Fsp3) is 0.0870. The van der Waals surface area contributed by atoms with E-state index in [0.29, 0.717) is 17.8 Å². The Bertz CT molecular complexity index is 980. The van der Waals surface area contributed by atoms with E-state index in [1.807, 2.05) is 55.5 Å². The van der Waals surface area contributed by atoms with Crippen LogP contribution in [-0.2, 0) is 11.3 Å².